The van der Waals surface area contributed by atoms with Gasteiger partial charge in [0, 0.05) is 17.9 Å². The van der Waals surface area contributed by atoms with Crippen LogP contribution in [0, 0.1) is 0 Å². The van der Waals surface area contributed by atoms with Gasteiger partial charge in [0.2, 0.25) is 11.8 Å². The zero-order valence-electron chi connectivity index (χ0n) is 26.5. The molecule has 0 spiro atoms. The van der Waals surface area contributed by atoms with Crippen molar-refractivity contribution in [3.63, 3.8) is 0 Å². The summed E-state index contributed by atoms with van der Waals surface area (Å²) in [6.45, 7) is 0.972. The molecule has 1 saturated heterocycles. The highest BCUT2D eigenvalue weighted by Gasteiger charge is 2.33. The first-order valence-electron chi connectivity index (χ1n) is 16.1. The predicted octanol–water partition coefficient (Wildman–Crippen LogP) is 7.86. The molecule has 0 radical (unpaired) electrons. The van der Waals surface area contributed by atoms with Gasteiger partial charge in [-0.15, -0.1) is 0 Å². The highest BCUT2D eigenvalue weighted by Crippen LogP contribution is 2.23. The number of hydrogen-bond donors (Lipinski definition) is 2. The number of ether oxygens (including phenoxy) is 1. The number of para-hydroxylation sites is 1. The third-order valence-electron chi connectivity index (χ3n) is 8.26. The molecule has 1 aliphatic rings. The van der Waals surface area contributed by atoms with E-state index in [1.165, 1.54) is 0 Å². The number of anilines is 2. The Morgan fingerprint density at radius 2 is 1.23 bits per heavy atom. The topological polar surface area (TPSA) is 87.7 Å². The number of likely N-dealkylation sites (tertiary alicyclic amines) is 1. The molecule has 1 fully saturated rings. The van der Waals surface area contributed by atoms with Crippen LogP contribution in [-0.2, 0) is 22.6 Å². The van der Waals surface area contributed by atoms with Crippen LogP contribution in [0.2, 0.25) is 0 Å². The van der Waals surface area contributed by atoms with Crippen molar-refractivity contribution >= 4 is 41.2 Å². The minimum Gasteiger partial charge on any atom is -0.488 e. The molecule has 5 aromatic carbocycles. The van der Waals surface area contributed by atoms with E-state index in [-0.39, 0.29) is 17.7 Å². The van der Waals surface area contributed by atoms with Crippen LogP contribution < -0.4 is 15.4 Å². The SMILES string of the molecule is O=C(Nc1ccc(/C=C/c2ccc(NC(=O)[C@@H]3CCCN3C(=O)Cc3ccccc3)cc2)cc1)c1ccccc1OCc1ccccc1. The maximum absolute atomic E-state index is 13.1. The lowest BCUT2D eigenvalue weighted by Gasteiger charge is -2.24. The third-order valence-corrected chi connectivity index (χ3v) is 8.26. The molecule has 3 amide bonds. The molecule has 0 unspecified atom stereocenters. The summed E-state index contributed by atoms with van der Waals surface area (Å²) < 4.78 is 5.95. The summed E-state index contributed by atoms with van der Waals surface area (Å²) in [6, 6.07) is 41.4. The van der Waals surface area contributed by atoms with Crippen LogP contribution in [0.4, 0.5) is 11.4 Å². The summed E-state index contributed by atoms with van der Waals surface area (Å²) >= 11 is 0. The van der Waals surface area contributed by atoms with E-state index in [0.717, 1.165) is 28.7 Å². The van der Waals surface area contributed by atoms with Crippen molar-refractivity contribution in [3.8, 4) is 5.75 Å². The van der Waals surface area contributed by atoms with Crippen LogP contribution >= 0.6 is 0 Å². The maximum atomic E-state index is 13.1. The average Bonchev–Trinajstić information content (AvgIpc) is 3.63. The zero-order chi connectivity index (χ0) is 33.1. The Morgan fingerprint density at radius 3 is 1.88 bits per heavy atom. The van der Waals surface area contributed by atoms with Crippen LogP contribution in [0.25, 0.3) is 12.2 Å². The highest BCUT2D eigenvalue weighted by molar-refractivity contribution is 6.06. The number of nitrogens with one attached hydrogen (secondary N) is 2. The molecule has 48 heavy (non-hydrogen) atoms. The van der Waals surface area contributed by atoms with E-state index in [9.17, 15) is 14.4 Å². The fourth-order valence-corrected chi connectivity index (χ4v) is 5.70. The normalized spacial score (nSPS) is 14.1. The number of amides is 3. The lowest BCUT2D eigenvalue weighted by Crippen LogP contribution is -2.43. The fourth-order valence-electron chi connectivity index (χ4n) is 5.70. The fraction of sp³-hybridized carbons (Fsp3) is 0.146. The molecular weight excluding hydrogens is 598 g/mol. The van der Waals surface area contributed by atoms with Gasteiger partial charge >= 0.3 is 0 Å². The first-order valence-corrected chi connectivity index (χ1v) is 16.1. The molecule has 7 heteroatoms. The minimum absolute atomic E-state index is 0.0239. The van der Waals surface area contributed by atoms with Gasteiger partial charge in [-0.05, 0) is 71.5 Å². The van der Waals surface area contributed by atoms with Gasteiger partial charge in [-0.3, -0.25) is 14.4 Å². The molecule has 6 rings (SSSR count). The summed E-state index contributed by atoms with van der Waals surface area (Å²) in [5.74, 6) is 0.101. The average molecular weight is 636 g/mol. The second-order valence-electron chi connectivity index (χ2n) is 11.7. The van der Waals surface area contributed by atoms with Crippen LogP contribution in [0.1, 0.15) is 45.5 Å². The van der Waals surface area contributed by atoms with Crippen LogP contribution in [0.15, 0.2) is 133 Å². The van der Waals surface area contributed by atoms with Crippen molar-refractivity contribution < 1.29 is 19.1 Å². The molecule has 5 aromatic rings. The molecule has 0 aliphatic carbocycles. The summed E-state index contributed by atoms with van der Waals surface area (Å²) in [7, 11) is 0. The van der Waals surface area contributed by atoms with Crippen LogP contribution in [-0.4, -0.2) is 35.2 Å². The molecule has 1 atom stereocenters. The van der Waals surface area contributed by atoms with Gasteiger partial charge in [-0.2, -0.15) is 0 Å². The number of hydrogen-bond acceptors (Lipinski definition) is 4. The Bertz CT molecular complexity index is 1870. The van der Waals surface area contributed by atoms with Gasteiger partial charge in [0.25, 0.3) is 5.91 Å². The van der Waals surface area contributed by atoms with Crippen molar-refractivity contribution in [3.05, 3.63) is 161 Å². The molecule has 0 saturated carbocycles. The minimum atomic E-state index is -0.462. The standard InChI is InChI=1S/C41H37N3O4/c45-39(28-32-10-3-1-4-11-32)44-27-9-15-37(44)41(47)43-35-25-21-31(22-26-35)18-17-30-19-23-34(24-20-30)42-40(46)36-14-7-8-16-38(36)48-29-33-12-5-2-6-13-33/h1-8,10-14,16-26,37H,9,15,27-29H2,(H,42,46)(H,43,47)/b18-17+/t37-/m0/s1. The summed E-state index contributed by atoms with van der Waals surface area (Å²) in [5.41, 5.74) is 5.75. The Morgan fingerprint density at radius 1 is 0.667 bits per heavy atom. The second kappa shape index (κ2) is 15.6. The van der Waals surface area contributed by atoms with Crippen molar-refractivity contribution in [2.24, 2.45) is 0 Å². The Hall–Kier alpha value is -5.95. The van der Waals surface area contributed by atoms with Gasteiger partial charge < -0.3 is 20.3 Å². The van der Waals surface area contributed by atoms with E-state index in [2.05, 4.69) is 10.6 Å². The van der Waals surface area contributed by atoms with Crippen LogP contribution in [0.3, 0.4) is 0 Å². The molecule has 1 heterocycles. The second-order valence-corrected chi connectivity index (χ2v) is 11.7. The van der Waals surface area contributed by atoms with Gasteiger partial charge in [0.1, 0.15) is 18.4 Å². The summed E-state index contributed by atoms with van der Waals surface area (Å²) in [6.07, 6.45) is 5.74. The third kappa shape index (κ3) is 8.44. The Labute approximate surface area is 280 Å². The van der Waals surface area contributed by atoms with Crippen molar-refractivity contribution in [1.82, 2.24) is 4.90 Å². The first kappa shape index (κ1) is 32.0. The van der Waals surface area contributed by atoms with Crippen molar-refractivity contribution in [2.75, 3.05) is 17.2 Å². The van der Waals surface area contributed by atoms with Gasteiger partial charge in [0.05, 0.1) is 12.0 Å². The Balaban J connectivity index is 1.00. The number of rotatable bonds is 11. The summed E-state index contributed by atoms with van der Waals surface area (Å²) in [4.78, 5) is 40.8. The predicted molar refractivity (Wildman–Crippen MR) is 190 cm³/mol. The number of benzene rings is 5. The molecule has 0 aromatic heterocycles. The maximum Gasteiger partial charge on any atom is 0.259 e. The van der Waals surface area contributed by atoms with E-state index in [4.69, 9.17) is 4.74 Å². The van der Waals surface area contributed by atoms with Crippen LogP contribution in [0.5, 0.6) is 5.75 Å². The molecule has 0 bridgehead atoms. The molecular formula is C41H37N3O4. The van der Waals surface area contributed by atoms with E-state index in [0.29, 0.717) is 48.7 Å². The van der Waals surface area contributed by atoms with E-state index >= 15 is 0 Å². The first-order chi connectivity index (χ1) is 23.5. The zero-order valence-corrected chi connectivity index (χ0v) is 26.5. The molecule has 240 valence electrons. The molecule has 7 nitrogen and oxygen atoms in total. The monoisotopic (exact) mass is 635 g/mol. The van der Waals surface area contributed by atoms with Gasteiger partial charge in [-0.1, -0.05) is 109 Å². The van der Waals surface area contributed by atoms with E-state index in [1.807, 2.05) is 133 Å². The van der Waals surface area contributed by atoms with Gasteiger partial charge in [0.15, 0.2) is 0 Å². The number of carbonyl (C=O) groups excluding carboxylic acids is 3. The van der Waals surface area contributed by atoms with Gasteiger partial charge in [-0.25, -0.2) is 0 Å². The smallest absolute Gasteiger partial charge is 0.259 e. The van der Waals surface area contributed by atoms with E-state index < -0.39 is 6.04 Å². The van der Waals surface area contributed by atoms with E-state index in [1.54, 1.807) is 17.0 Å². The lowest BCUT2D eigenvalue weighted by molar-refractivity contribution is -0.136. The number of nitrogens with zero attached hydrogens (tertiary/aromatic N) is 1. The lowest BCUT2D eigenvalue weighted by atomic mass is 10.1. The van der Waals surface area contributed by atoms with Crippen molar-refractivity contribution in [1.29, 1.82) is 0 Å². The highest BCUT2D eigenvalue weighted by atomic mass is 16.5. The Kier molecular flexibility index (Phi) is 10.4. The number of carbonyl (C=O) groups is 3. The summed E-state index contributed by atoms with van der Waals surface area (Å²) in [5, 5.41) is 5.95. The molecule has 2 N–H and O–H groups in total. The molecule has 1 aliphatic heterocycles. The quantitative estimate of drug-likeness (QED) is 0.145. The van der Waals surface area contributed by atoms with Crippen molar-refractivity contribution in [2.45, 2.75) is 31.9 Å². The largest absolute Gasteiger partial charge is 0.488 e.